The zero-order chi connectivity index (χ0) is 14.9. The molecule has 0 amide bonds. The van der Waals surface area contributed by atoms with Crippen LogP contribution in [0.3, 0.4) is 0 Å². The summed E-state index contributed by atoms with van der Waals surface area (Å²) in [6, 6.07) is 22.7. The van der Waals surface area contributed by atoms with E-state index < -0.39 is 0 Å². The van der Waals surface area contributed by atoms with E-state index in [1.807, 2.05) is 54.6 Å². The first kappa shape index (κ1) is 12.7. The van der Waals surface area contributed by atoms with E-state index in [9.17, 15) is 4.79 Å². The highest BCUT2D eigenvalue weighted by Gasteiger charge is 2.09. The van der Waals surface area contributed by atoms with Crippen LogP contribution in [0.15, 0.2) is 72.8 Å². The molecule has 0 saturated carbocycles. The number of benzene rings is 3. The van der Waals surface area contributed by atoms with Crippen molar-refractivity contribution in [3.8, 4) is 5.75 Å². The van der Waals surface area contributed by atoms with Crippen molar-refractivity contribution in [2.75, 3.05) is 0 Å². The molecule has 0 fully saturated rings. The first-order valence-corrected chi connectivity index (χ1v) is 7.09. The van der Waals surface area contributed by atoms with Crippen molar-refractivity contribution in [3.05, 3.63) is 78.4 Å². The molecule has 0 radical (unpaired) electrons. The number of carbonyl (C=O) groups excluding carboxylic acids is 1. The largest absolute Gasteiger partial charge is 0.423 e. The van der Waals surface area contributed by atoms with E-state index >= 15 is 0 Å². The summed E-state index contributed by atoms with van der Waals surface area (Å²) in [6.07, 6.45) is 0. The van der Waals surface area contributed by atoms with Crippen LogP contribution >= 0.6 is 0 Å². The standard InChI is InChI=1S/C19H13NO2/c21-19(13-6-2-1-3-7-13)22-14-10-11-16-15-8-4-5-9-17(15)20-18(16)12-14/h1-12,20H. The van der Waals surface area contributed by atoms with Gasteiger partial charge in [-0.1, -0.05) is 36.4 Å². The molecular formula is C19H13NO2. The van der Waals surface area contributed by atoms with Crippen molar-refractivity contribution in [1.29, 1.82) is 0 Å². The molecule has 1 aromatic heterocycles. The molecule has 4 aromatic rings. The van der Waals surface area contributed by atoms with Gasteiger partial charge in [0, 0.05) is 22.4 Å². The van der Waals surface area contributed by atoms with Crippen LogP contribution in [0.1, 0.15) is 10.4 Å². The number of H-pyrrole nitrogens is 1. The molecule has 0 aliphatic carbocycles. The Kier molecular flexibility index (Phi) is 2.90. The van der Waals surface area contributed by atoms with E-state index in [2.05, 4.69) is 11.1 Å². The highest BCUT2D eigenvalue weighted by Crippen LogP contribution is 2.28. The number of nitrogens with one attached hydrogen (secondary N) is 1. The molecule has 106 valence electrons. The second kappa shape index (κ2) is 5.04. The number of hydrogen-bond donors (Lipinski definition) is 1. The van der Waals surface area contributed by atoms with Gasteiger partial charge in [0.15, 0.2) is 0 Å². The molecule has 0 saturated heterocycles. The van der Waals surface area contributed by atoms with E-state index in [1.165, 1.54) is 5.39 Å². The summed E-state index contributed by atoms with van der Waals surface area (Å²) in [5, 5.41) is 2.29. The molecule has 3 aromatic carbocycles. The molecule has 0 unspecified atom stereocenters. The lowest BCUT2D eigenvalue weighted by atomic mass is 10.1. The Morgan fingerprint density at radius 2 is 1.50 bits per heavy atom. The molecule has 3 nitrogen and oxygen atoms in total. The van der Waals surface area contributed by atoms with Gasteiger partial charge >= 0.3 is 5.97 Å². The van der Waals surface area contributed by atoms with E-state index in [0.717, 1.165) is 16.4 Å². The van der Waals surface area contributed by atoms with Gasteiger partial charge in [-0.25, -0.2) is 4.79 Å². The summed E-state index contributed by atoms with van der Waals surface area (Å²) in [7, 11) is 0. The fourth-order valence-electron chi connectivity index (χ4n) is 2.64. The monoisotopic (exact) mass is 287 g/mol. The minimum Gasteiger partial charge on any atom is -0.423 e. The summed E-state index contributed by atoms with van der Waals surface area (Å²) >= 11 is 0. The quantitative estimate of drug-likeness (QED) is 0.434. The lowest BCUT2D eigenvalue weighted by Gasteiger charge is -2.04. The molecule has 1 N–H and O–H groups in total. The summed E-state index contributed by atoms with van der Waals surface area (Å²) < 4.78 is 5.45. The first-order valence-electron chi connectivity index (χ1n) is 7.09. The molecule has 4 rings (SSSR count). The third-order valence-corrected chi connectivity index (χ3v) is 3.70. The van der Waals surface area contributed by atoms with Crippen molar-refractivity contribution >= 4 is 27.8 Å². The van der Waals surface area contributed by atoms with E-state index in [-0.39, 0.29) is 5.97 Å². The number of esters is 1. The minimum absolute atomic E-state index is 0.351. The lowest BCUT2D eigenvalue weighted by molar-refractivity contribution is 0.0735. The SMILES string of the molecule is O=C(Oc1ccc2c(c1)[nH]c1ccccc12)c1ccccc1. The van der Waals surface area contributed by atoms with Crippen LogP contribution < -0.4 is 4.74 Å². The number of para-hydroxylation sites is 1. The maximum atomic E-state index is 12.1. The minimum atomic E-state index is -0.351. The van der Waals surface area contributed by atoms with Crippen LogP contribution in [0, 0.1) is 0 Å². The lowest BCUT2D eigenvalue weighted by Crippen LogP contribution is -2.07. The zero-order valence-corrected chi connectivity index (χ0v) is 11.7. The van der Waals surface area contributed by atoms with Crippen LogP contribution in [0.4, 0.5) is 0 Å². The number of aromatic amines is 1. The average molecular weight is 287 g/mol. The summed E-state index contributed by atoms with van der Waals surface area (Å²) in [5.74, 6) is 0.184. The normalized spacial score (nSPS) is 10.9. The maximum Gasteiger partial charge on any atom is 0.343 e. The van der Waals surface area contributed by atoms with Gasteiger partial charge in [0.05, 0.1) is 11.1 Å². The van der Waals surface area contributed by atoms with Gasteiger partial charge in [-0.05, 0) is 30.3 Å². The number of hydrogen-bond acceptors (Lipinski definition) is 2. The van der Waals surface area contributed by atoms with Gasteiger partial charge in [-0.3, -0.25) is 0 Å². The molecule has 0 aliphatic heterocycles. The molecule has 0 bridgehead atoms. The van der Waals surface area contributed by atoms with Crippen molar-refractivity contribution < 1.29 is 9.53 Å². The van der Waals surface area contributed by atoms with Gasteiger partial charge in [-0.15, -0.1) is 0 Å². The van der Waals surface area contributed by atoms with Gasteiger partial charge in [-0.2, -0.15) is 0 Å². The highest BCUT2D eigenvalue weighted by atomic mass is 16.5. The Hall–Kier alpha value is -3.07. The first-order chi connectivity index (χ1) is 10.8. The Bertz CT molecular complexity index is 970. The average Bonchev–Trinajstić information content (AvgIpc) is 2.93. The third kappa shape index (κ3) is 2.13. The second-order valence-electron chi connectivity index (χ2n) is 5.13. The Morgan fingerprint density at radius 3 is 2.36 bits per heavy atom. The van der Waals surface area contributed by atoms with Crippen LogP contribution in [0.2, 0.25) is 0 Å². The summed E-state index contributed by atoms with van der Waals surface area (Å²) in [4.78, 5) is 15.4. The van der Waals surface area contributed by atoms with Crippen LogP contribution in [0.5, 0.6) is 5.75 Å². The van der Waals surface area contributed by atoms with Gasteiger partial charge in [0.2, 0.25) is 0 Å². The number of aromatic nitrogens is 1. The third-order valence-electron chi connectivity index (χ3n) is 3.70. The molecule has 0 atom stereocenters. The number of fused-ring (bicyclic) bond motifs is 3. The number of carbonyl (C=O) groups is 1. The van der Waals surface area contributed by atoms with Gasteiger partial charge in [0.1, 0.15) is 5.75 Å². The van der Waals surface area contributed by atoms with E-state index in [4.69, 9.17) is 4.74 Å². The molecule has 0 spiro atoms. The van der Waals surface area contributed by atoms with Crippen molar-refractivity contribution in [1.82, 2.24) is 4.98 Å². The summed E-state index contributed by atoms with van der Waals surface area (Å²) in [5.41, 5.74) is 2.57. The predicted octanol–water partition coefficient (Wildman–Crippen LogP) is 4.54. The maximum absolute atomic E-state index is 12.1. The predicted molar refractivity (Wildman–Crippen MR) is 87.2 cm³/mol. The zero-order valence-electron chi connectivity index (χ0n) is 11.7. The smallest absolute Gasteiger partial charge is 0.343 e. The Labute approximate surface area is 127 Å². The number of rotatable bonds is 2. The van der Waals surface area contributed by atoms with E-state index in [0.29, 0.717) is 11.3 Å². The Morgan fingerprint density at radius 1 is 0.773 bits per heavy atom. The molecule has 22 heavy (non-hydrogen) atoms. The van der Waals surface area contributed by atoms with Crippen molar-refractivity contribution in [2.24, 2.45) is 0 Å². The second-order valence-corrected chi connectivity index (χ2v) is 5.13. The van der Waals surface area contributed by atoms with Crippen LogP contribution in [-0.4, -0.2) is 11.0 Å². The Balaban J connectivity index is 1.71. The fraction of sp³-hybridized carbons (Fsp3) is 0. The van der Waals surface area contributed by atoms with Crippen LogP contribution in [0.25, 0.3) is 21.8 Å². The topological polar surface area (TPSA) is 42.1 Å². The van der Waals surface area contributed by atoms with Crippen LogP contribution in [-0.2, 0) is 0 Å². The van der Waals surface area contributed by atoms with Gasteiger partial charge in [0.25, 0.3) is 0 Å². The van der Waals surface area contributed by atoms with Crippen molar-refractivity contribution in [2.45, 2.75) is 0 Å². The molecule has 1 heterocycles. The summed E-state index contributed by atoms with van der Waals surface area (Å²) in [6.45, 7) is 0. The fourth-order valence-corrected chi connectivity index (χ4v) is 2.64. The molecule has 3 heteroatoms. The molecule has 0 aliphatic rings. The van der Waals surface area contributed by atoms with Crippen molar-refractivity contribution in [3.63, 3.8) is 0 Å². The van der Waals surface area contributed by atoms with Gasteiger partial charge < -0.3 is 9.72 Å². The van der Waals surface area contributed by atoms with E-state index in [1.54, 1.807) is 12.1 Å². The number of ether oxygens (including phenoxy) is 1. The molecular weight excluding hydrogens is 274 g/mol. The highest BCUT2D eigenvalue weighted by molar-refractivity contribution is 6.07.